The highest BCUT2D eigenvalue weighted by Gasteiger charge is 2.13. The molecule has 1 rings (SSSR count). The van der Waals surface area contributed by atoms with E-state index in [9.17, 15) is 14.0 Å². The molecule has 1 N–H and O–H groups in total. The number of halogens is 2. The van der Waals surface area contributed by atoms with Gasteiger partial charge in [-0.3, -0.25) is 4.79 Å². The molecule has 0 saturated carbocycles. The average Bonchev–Trinajstić information content (AvgIpc) is 2.33. The Morgan fingerprint density at radius 1 is 1.44 bits per heavy atom. The predicted molar refractivity (Wildman–Crippen MR) is 67.4 cm³/mol. The number of benzene rings is 1. The van der Waals surface area contributed by atoms with Crippen molar-refractivity contribution in [3.05, 3.63) is 34.1 Å². The van der Waals surface area contributed by atoms with Gasteiger partial charge in [-0.15, -0.1) is 0 Å². The number of rotatable bonds is 4. The van der Waals surface area contributed by atoms with Gasteiger partial charge in [0, 0.05) is 11.0 Å². The van der Waals surface area contributed by atoms with Crippen molar-refractivity contribution in [3.8, 4) is 0 Å². The van der Waals surface area contributed by atoms with Gasteiger partial charge in [0.2, 0.25) is 0 Å². The van der Waals surface area contributed by atoms with Crippen LogP contribution in [0.1, 0.15) is 12.5 Å². The number of ether oxygens (including phenoxy) is 1. The summed E-state index contributed by atoms with van der Waals surface area (Å²) in [7, 11) is 0. The fourth-order valence-electron chi connectivity index (χ4n) is 1.31. The van der Waals surface area contributed by atoms with Crippen LogP contribution >= 0.6 is 15.9 Å². The lowest BCUT2D eigenvalue weighted by molar-refractivity contribution is -0.154. The van der Waals surface area contributed by atoms with Gasteiger partial charge in [0.1, 0.15) is 5.82 Å². The number of amides is 1. The highest BCUT2D eigenvalue weighted by atomic mass is 79.9. The normalized spacial score (nSPS) is 9.94. The van der Waals surface area contributed by atoms with Gasteiger partial charge in [-0.25, -0.2) is 9.18 Å². The zero-order valence-corrected chi connectivity index (χ0v) is 11.4. The Balaban J connectivity index is 2.44. The fraction of sp³-hybridized carbons (Fsp3) is 0.333. The molecule has 1 aromatic rings. The molecule has 0 radical (unpaired) electrons. The largest absolute Gasteiger partial charge is 0.459 e. The van der Waals surface area contributed by atoms with Crippen LogP contribution < -0.4 is 5.32 Å². The van der Waals surface area contributed by atoms with Gasteiger partial charge in [-0.2, -0.15) is 0 Å². The minimum atomic E-state index is -0.924. The monoisotopic (exact) mass is 317 g/mol. The summed E-state index contributed by atoms with van der Waals surface area (Å²) in [6, 6.07) is 4.56. The summed E-state index contributed by atoms with van der Waals surface area (Å²) in [6.45, 7) is 1.93. The Morgan fingerprint density at radius 2 is 2.17 bits per heavy atom. The van der Waals surface area contributed by atoms with E-state index < -0.39 is 11.9 Å². The maximum Gasteiger partial charge on any atom is 0.396 e. The van der Waals surface area contributed by atoms with E-state index in [2.05, 4.69) is 26.0 Å². The summed E-state index contributed by atoms with van der Waals surface area (Å²) < 4.78 is 18.6. The van der Waals surface area contributed by atoms with Crippen LogP contribution in [0.4, 0.5) is 4.39 Å². The molecule has 18 heavy (non-hydrogen) atoms. The molecule has 0 saturated heterocycles. The van der Waals surface area contributed by atoms with Crippen LogP contribution in [0.15, 0.2) is 22.7 Å². The molecule has 98 valence electrons. The quantitative estimate of drug-likeness (QED) is 0.680. The van der Waals surface area contributed by atoms with Crippen molar-refractivity contribution >= 4 is 27.8 Å². The van der Waals surface area contributed by atoms with Crippen molar-refractivity contribution in [2.24, 2.45) is 0 Å². The molecule has 0 atom stereocenters. The summed E-state index contributed by atoms with van der Waals surface area (Å²) in [6.07, 6.45) is 0.302. The molecular weight excluding hydrogens is 305 g/mol. The molecule has 0 unspecified atom stereocenters. The zero-order valence-electron chi connectivity index (χ0n) is 9.83. The standard InChI is InChI=1S/C12H13BrFNO3/c1-2-18-12(17)11(16)15-6-5-8-7-9(13)3-4-10(8)14/h3-4,7H,2,5-6H2,1H3,(H,15,16). The van der Waals surface area contributed by atoms with Crippen LogP contribution in [0.25, 0.3) is 0 Å². The average molecular weight is 318 g/mol. The molecule has 6 heteroatoms. The molecule has 1 aromatic carbocycles. The molecule has 0 heterocycles. The number of hydrogen-bond donors (Lipinski definition) is 1. The van der Waals surface area contributed by atoms with E-state index in [1.807, 2.05) is 0 Å². The molecule has 0 aromatic heterocycles. The van der Waals surface area contributed by atoms with Crippen molar-refractivity contribution in [3.63, 3.8) is 0 Å². The predicted octanol–water partition coefficient (Wildman–Crippen LogP) is 1.81. The van der Waals surface area contributed by atoms with Crippen LogP contribution in [0, 0.1) is 5.82 Å². The molecule has 1 amide bonds. The number of nitrogens with one attached hydrogen (secondary N) is 1. The van der Waals surface area contributed by atoms with Crippen LogP contribution in [-0.2, 0) is 20.7 Å². The van der Waals surface area contributed by atoms with Crippen LogP contribution in [-0.4, -0.2) is 25.0 Å². The second-order valence-electron chi connectivity index (χ2n) is 3.46. The van der Waals surface area contributed by atoms with Gasteiger partial charge in [0.15, 0.2) is 0 Å². The van der Waals surface area contributed by atoms with E-state index in [0.29, 0.717) is 12.0 Å². The summed E-state index contributed by atoms with van der Waals surface area (Å²) in [4.78, 5) is 22.2. The SMILES string of the molecule is CCOC(=O)C(=O)NCCc1cc(Br)ccc1F. The summed E-state index contributed by atoms with van der Waals surface area (Å²) in [5.41, 5.74) is 0.466. The van der Waals surface area contributed by atoms with Gasteiger partial charge < -0.3 is 10.1 Å². The maximum atomic E-state index is 13.3. The summed E-state index contributed by atoms with van der Waals surface area (Å²) >= 11 is 3.23. The van der Waals surface area contributed by atoms with E-state index >= 15 is 0 Å². The maximum absolute atomic E-state index is 13.3. The van der Waals surface area contributed by atoms with Gasteiger partial charge in [0.25, 0.3) is 0 Å². The van der Waals surface area contributed by atoms with Crippen molar-refractivity contribution in [1.82, 2.24) is 5.32 Å². The third kappa shape index (κ3) is 4.44. The Morgan fingerprint density at radius 3 is 2.83 bits per heavy atom. The molecule has 0 fully saturated rings. The van der Waals surface area contributed by atoms with Crippen LogP contribution in [0.5, 0.6) is 0 Å². The smallest absolute Gasteiger partial charge is 0.396 e. The third-order valence-corrected chi connectivity index (χ3v) is 2.64. The molecule has 0 aliphatic carbocycles. The van der Waals surface area contributed by atoms with Gasteiger partial charge >= 0.3 is 11.9 Å². The molecule has 4 nitrogen and oxygen atoms in total. The number of hydrogen-bond acceptors (Lipinski definition) is 3. The highest BCUT2D eigenvalue weighted by Crippen LogP contribution is 2.15. The highest BCUT2D eigenvalue weighted by molar-refractivity contribution is 9.10. The minimum Gasteiger partial charge on any atom is -0.459 e. The number of esters is 1. The first-order valence-electron chi connectivity index (χ1n) is 5.43. The summed E-state index contributed by atoms with van der Waals surface area (Å²) in [5.74, 6) is -2.08. The number of carbonyl (C=O) groups is 2. The Hall–Kier alpha value is -1.43. The van der Waals surface area contributed by atoms with Crippen molar-refractivity contribution < 1.29 is 18.7 Å². The lowest BCUT2D eigenvalue weighted by Crippen LogP contribution is -2.33. The molecular formula is C12H13BrFNO3. The van der Waals surface area contributed by atoms with E-state index in [4.69, 9.17) is 0 Å². The van der Waals surface area contributed by atoms with E-state index in [1.165, 1.54) is 6.07 Å². The second-order valence-corrected chi connectivity index (χ2v) is 4.38. The molecule has 0 aliphatic heterocycles. The minimum absolute atomic E-state index is 0.145. The van der Waals surface area contributed by atoms with Gasteiger partial charge in [0.05, 0.1) is 6.61 Å². The first-order chi connectivity index (χ1) is 8.54. The Labute approximate surface area is 113 Å². The number of carbonyl (C=O) groups excluding carboxylic acids is 2. The van der Waals surface area contributed by atoms with Crippen molar-refractivity contribution in [2.45, 2.75) is 13.3 Å². The van der Waals surface area contributed by atoms with Crippen LogP contribution in [0.2, 0.25) is 0 Å². The van der Waals surface area contributed by atoms with E-state index in [1.54, 1.807) is 19.1 Å². The Bertz CT molecular complexity index is 451. The van der Waals surface area contributed by atoms with E-state index in [0.717, 1.165) is 4.47 Å². The summed E-state index contributed by atoms with van der Waals surface area (Å²) in [5, 5.41) is 2.37. The zero-order chi connectivity index (χ0) is 13.5. The fourth-order valence-corrected chi connectivity index (χ4v) is 1.72. The van der Waals surface area contributed by atoms with Crippen molar-refractivity contribution in [1.29, 1.82) is 0 Å². The lowest BCUT2D eigenvalue weighted by atomic mass is 10.1. The first kappa shape index (κ1) is 14.6. The van der Waals surface area contributed by atoms with Gasteiger partial charge in [-0.1, -0.05) is 15.9 Å². The molecule has 0 aliphatic rings. The molecule has 0 bridgehead atoms. The Kier molecular flexibility index (Phi) is 5.77. The van der Waals surface area contributed by atoms with E-state index in [-0.39, 0.29) is 19.0 Å². The topological polar surface area (TPSA) is 55.4 Å². The second kappa shape index (κ2) is 7.10. The lowest BCUT2D eigenvalue weighted by Gasteiger charge is -2.06. The molecule has 0 spiro atoms. The van der Waals surface area contributed by atoms with Crippen LogP contribution in [0.3, 0.4) is 0 Å². The third-order valence-electron chi connectivity index (χ3n) is 2.15. The first-order valence-corrected chi connectivity index (χ1v) is 6.22. The van der Waals surface area contributed by atoms with Crippen molar-refractivity contribution in [2.75, 3.05) is 13.2 Å². The van der Waals surface area contributed by atoms with Gasteiger partial charge in [-0.05, 0) is 37.1 Å².